The van der Waals surface area contributed by atoms with Crippen molar-refractivity contribution in [1.82, 2.24) is 0 Å². The van der Waals surface area contributed by atoms with Crippen molar-refractivity contribution in [3.8, 4) is 0 Å². The minimum atomic E-state index is -2.20. The molecule has 0 amide bonds. The standard InChI is InChI=1S/C20H25Cl3N4O5/c1-3-4-10-30-16-13(18(29)32-19(24)20(21,22)23)15(11(2)14(16)26-27-25)31-17(28)12-8-6-5-7-9-12/h5-9,11,13-16,18,24,29H,3-4,10H2,1-2H3/t11?,13-,14-,15?,16?,18-/m1/s1. The molecule has 1 aliphatic carbocycles. The summed E-state index contributed by atoms with van der Waals surface area (Å²) < 4.78 is 14.6. The molecule has 2 rings (SSSR count). The Kier molecular flexibility index (Phi) is 9.88. The fourth-order valence-electron chi connectivity index (χ4n) is 3.61. The Hall–Kier alpha value is -1.74. The van der Waals surface area contributed by atoms with E-state index < -0.39 is 52.0 Å². The number of rotatable bonds is 9. The minimum Gasteiger partial charge on any atom is -0.458 e. The zero-order valence-corrected chi connectivity index (χ0v) is 19.8. The normalized spacial score (nSPS) is 26.1. The smallest absolute Gasteiger partial charge is 0.338 e. The molecule has 9 nitrogen and oxygen atoms in total. The summed E-state index contributed by atoms with van der Waals surface area (Å²) in [4.78, 5) is 15.6. The lowest BCUT2D eigenvalue weighted by molar-refractivity contribution is -0.143. The van der Waals surface area contributed by atoms with Gasteiger partial charge in [-0.1, -0.05) is 78.4 Å². The summed E-state index contributed by atoms with van der Waals surface area (Å²) >= 11 is 17.0. The van der Waals surface area contributed by atoms with E-state index in [1.54, 1.807) is 37.3 Å². The lowest BCUT2D eigenvalue weighted by atomic mass is 10.00. The number of benzene rings is 1. The molecule has 0 heterocycles. The molecule has 1 aliphatic rings. The second-order valence-electron chi connectivity index (χ2n) is 7.39. The van der Waals surface area contributed by atoms with Gasteiger partial charge in [-0.05, 0) is 24.1 Å². The van der Waals surface area contributed by atoms with Crippen LogP contribution in [0.5, 0.6) is 0 Å². The SMILES string of the molecule is CCCCOC1[C@H](N=[N+]=[N-])C(C)C(OC(=O)c2ccccc2)[C@H]1[C@H](O)OC(=N)C(Cl)(Cl)Cl. The zero-order valence-electron chi connectivity index (χ0n) is 17.5. The maximum Gasteiger partial charge on any atom is 0.338 e. The molecule has 32 heavy (non-hydrogen) atoms. The van der Waals surface area contributed by atoms with Crippen LogP contribution in [-0.4, -0.2) is 51.9 Å². The Morgan fingerprint density at radius 3 is 2.53 bits per heavy atom. The van der Waals surface area contributed by atoms with E-state index in [1.807, 2.05) is 6.92 Å². The molecule has 176 valence electrons. The van der Waals surface area contributed by atoms with Gasteiger partial charge in [0.25, 0.3) is 3.79 Å². The summed E-state index contributed by atoms with van der Waals surface area (Å²) in [5.74, 6) is -2.99. The maximum atomic E-state index is 12.7. The molecule has 1 aromatic rings. The first kappa shape index (κ1) is 26.5. The Bertz CT molecular complexity index is 832. The van der Waals surface area contributed by atoms with Crippen molar-refractivity contribution in [2.75, 3.05) is 6.61 Å². The van der Waals surface area contributed by atoms with Gasteiger partial charge < -0.3 is 19.3 Å². The van der Waals surface area contributed by atoms with E-state index in [2.05, 4.69) is 10.0 Å². The number of alkyl halides is 3. The lowest BCUT2D eigenvalue weighted by Gasteiger charge is -2.31. The molecule has 1 fully saturated rings. The number of esters is 1. The zero-order chi connectivity index (χ0) is 23.9. The third-order valence-corrected chi connectivity index (χ3v) is 5.74. The van der Waals surface area contributed by atoms with Crippen molar-refractivity contribution in [2.45, 2.75) is 55.0 Å². The number of aliphatic hydroxyl groups excluding tert-OH is 1. The van der Waals surface area contributed by atoms with Crippen molar-refractivity contribution in [2.24, 2.45) is 17.0 Å². The van der Waals surface area contributed by atoms with E-state index in [0.717, 1.165) is 12.8 Å². The second kappa shape index (κ2) is 11.9. The van der Waals surface area contributed by atoms with E-state index in [4.69, 9.17) is 60.0 Å². The predicted molar refractivity (Wildman–Crippen MR) is 121 cm³/mol. The van der Waals surface area contributed by atoms with E-state index in [9.17, 15) is 9.90 Å². The Morgan fingerprint density at radius 2 is 1.97 bits per heavy atom. The van der Waals surface area contributed by atoms with Crippen LogP contribution in [-0.2, 0) is 14.2 Å². The second-order valence-corrected chi connectivity index (χ2v) is 9.67. The van der Waals surface area contributed by atoms with Crippen molar-refractivity contribution in [3.05, 3.63) is 46.3 Å². The van der Waals surface area contributed by atoms with Crippen molar-refractivity contribution in [1.29, 1.82) is 5.41 Å². The van der Waals surface area contributed by atoms with Gasteiger partial charge >= 0.3 is 5.97 Å². The average molecular weight is 508 g/mol. The summed E-state index contributed by atoms with van der Waals surface area (Å²) in [6.45, 7) is 4.01. The number of nitrogens with zero attached hydrogens (tertiary/aromatic N) is 3. The van der Waals surface area contributed by atoms with Crippen LogP contribution >= 0.6 is 34.8 Å². The van der Waals surface area contributed by atoms with Gasteiger partial charge in [-0.15, -0.1) is 0 Å². The molecule has 0 spiro atoms. The van der Waals surface area contributed by atoms with E-state index in [0.29, 0.717) is 12.2 Å². The van der Waals surface area contributed by atoms with Gasteiger partial charge in [-0.3, -0.25) is 5.41 Å². The van der Waals surface area contributed by atoms with Crippen LogP contribution in [0.15, 0.2) is 35.4 Å². The summed E-state index contributed by atoms with van der Waals surface area (Å²) in [5, 5.41) is 22.4. The number of hydrogen-bond acceptors (Lipinski definition) is 7. The first-order valence-corrected chi connectivity index (χ1v) is 11.2. The number of carbonyl (C=O) groups excluding carboxylic acids is 1. The highest BCUT2D eigenvalue weighted by molar-refractivity contribution is 6.76. The molecule has 6 atom stereocenters. The Morgan fingerprint density at radius 1 is 1.31 bits per heavy atom. The van der Waals surface area contributed by atoms with Crippen molar-refractivity contribution >= 4 is 46.7 Å². The fraction of sp³-hybridized carbons (Fsp3) is 0.600. The number of azide groups is 1. The topological polar surface area (TPSA) is 138 Å². The first-order chi connectivity index (χ1) is 15.1. The summed E-state index contributed by atoms with van der Waals surface area (Å²) in [6.07, 6.45) is -2.00. The molecular weight excluding hydrogens is 483 g/mol. The van der Waals surface area contributed by atoms with Gasteiger partial charge in [0.2, 0.25) is 12.2 Å². The number of hydrogen-bond donors (Lipinski definition) is 2. The molecule has 2 N–H and O–H groups in total. The van der Waals surface area contributed by atoms with Crippen LogP contribution in [0.2, 0.25) is 0 Å². The van der Waals surface area contributed by atoms with Crippen molar-refractivity contribution in [3.63, 3.8) is 0 Å². The monoisotopic (exact) mass is 506 g/mol. The average Bonchev–Trinajstić information content (AvgIpc) is 2.99. The van der Waals surface area contributed by atoms with Crippen LogP contribution in [0.1, 0.15) is 37.0 Å². The summed E-state index contributed by atoms with van der Waals surface area (Å²) in [5.41, 5.74) is 9.38. The Balaban J connectivity index is 2.37. The van der Waals surface area contributed by atoms with Gasteiger partial charge in [0, 0.05) is 17.4 Å². The largest absolute Gasteiger partial charge is 0.458 e. The molecule has 0 aliphatic heterocycles. The Labute approximate surface area is 201 Å². The number of aliphatic hydroxyl groups is 1. The van der Waals surface area contributed by atoms with E-state index in [-0.39, 0.29) is 0 Å². The quantitative estimate of drug-likeness (QED) is 0.0556. The minimum absolute atomic E-state index is 0.304. The summed E-state index contributed by atoms with van der Waals surface area (Å²) in [6, 6.07) is 7.53. The maximum absolute atomic E-state index is 12.7. The molecule has 12 heteroatoms. The highest BCUT2D eigenvalue weighted by Crippen LogP contribution is 2.42. The lowest BCUT2D eigenvalue weighted by Crippen LogP contribution is -2.43. The number of carbonyl (C=O) groups is 1. The highest BCUT2D eigenvalue weighted by Gasteiger charge is 2.55. The van der Waals surface area contributed by atoms with Crippen LogP contribution in [0.25, 0.3) is 10.4 Å². The number of unbranched alkanes of at least 4 members (excludes halogenated alkanes) is 1. The van der Waals surface area contributed by atoms with Crippen LogP contribution in [0, 0.1) is 17.2 Å². The van der Waals surface area contributed by atoms with Crippen molar-refractivity contribution < 1.29 is 24.1 Å². The van der Waals surface area contributed by atoms with Crippen LogP contribution in [0.4, 0.5) is 0 Å². The molecule has 0 radical (unpaired) electrons. The van der Waals surface area contributed by atoms with E-state index >= 15 is 0 Å². The van der Waals surface area contributed by atoms with Gasteiger partial charge in [-0.2, -0.15) is 0 Å². The molecule has 3 unspecified atom stereocenters. The van der Waals surface area contributed by atoms with Crippen LogP contribution in [0.3, 0.4) is 0 Å². The van der Waals surface area contributed by atoms with Gasteiger partial charge in [0.1, 0.15) is 6.10 Å². The number of halogens is 3. The summed E-state index contributed by atoms with van der Waals surface area (Å²) in [7, 11) is 0. The number of ether oxygens (including phenoxy) is 3. The first-order valence-electron chi connectivity index (χ1n) is 10.0. The molecule has 0 bridgehead atoms. The third-order valence-electron chi connectivity index (χ3n) is 5.22. The molecule has 0 aromatic heterocycles. The predicted octanol–water partition coefficient (Wildman–Crippen LogP) is 5.02. The molecule has 1 aromatic carbocycles. The van der Waals surface area contributed by atoms with E-state index in [1.165, 1.54) is 0 Å². The van der Waals surface area contributed by atoms with Gasteiger partial charge in [0.05, 0.1) is 23.6 Å². The molecule has 1 saturated carbocycles. The van der Waals surface area contributed by atoms with Gasteiger partial charge in [-0.25, -0.2) is 4.79 Å². The fourth-order valence-corrected chi connectivity index (χ4v) is 3.74. The number of nitrogens with one attached hydrogen (secondary N) is 1. The van der Waals surface area contributed by atoms with Crippen LogP contribution < -0.4 is 0 Å². The third kappa shape index (κ3) is 6.63. The van der Waals surface area contributed by atoms with Gasteiger partial charge in [0.15, 0.2) is 0 Å². The highest BCUT2D eigenvalue weighted by atomic mass is 35.6. The molecule has 0 saturated heterocycles. The molecular formula is C20H25Cl3N4O5.